The monoisotopic (exact) mass is 330 g/mol. The first-order valence-electron chi connectivity index (χ1n) is 8.18. The van der Waals surface area contributed by atoms with Gasteiger partial charge in [-0.25, -0.2) is 9.78 Å². The zero-order chi connectivity index (χ0) is 16.7. The molecule has 0 N–H and O–H groups in total. The molecule has 2 aromatic heterocycles. The van der Waals surface area contributed by atoms with Crippen LogP contribution in [0.5, 0.6) is 0 Å². The molecule has 0 unspecified atom stereocenters. The predicted octanol–water partition coefficient (Wildman–Crippen LogP) is 2.24. The third-order valence-electron chi connectivity index (χ3n) is 4.72. The summed E-state index contributed by atoms with van der Waals surface area (Å²) in [7, 11) is 0. The molecule has 24 heavy (non-hydrogen) atoms. The summed E-state index contributed by atoms with van der Waals surface area (Å²) in [5.74, 6) is -0.219. The van der Waals surface area contributed by atoms with Crippen LogP contribution in [0, 0.1) is 11.4 Å². The maximum atomic E-state index is 14.3. The van der Waals surface area contributed by atoms with E-state index in [-0.39, 0.29) is 6.54 Å². The normalized spacial score (nSPS) is 17.7. The number of halogens is 1. The van der Waals surface area contributed by atoms with Crippen molar-refractivity contribution in [2.75, 3.05) is 24.6 Å². The smallest absolute Gasteiger partial charge is 0.341 e. The number of hydrogen-bond acceptors (Lipinski definition) is 5. The number of esters is 1. The maximum absolute atomic E-state index is 14.3. The van der Waals surface area contributed by atoms with Crippen molar-refractivity contribution in [2.45, 2.75) is 26.3 Å². The third kappa shape index (κ3) is 2.74. The van der Waals surface area contributed by atoms with Crippen molar-refractivity contribution >= 4 is 11.8 Å². The Kier molecular flexibility index (Phi) is 3.51. The topological polar surface area (TPSA) is 60.2 Å². The lowest BCUT2D eigenvalue weighted by atomic mass is 9.97. The molecule has 1 saturated carbocycles. The van der Waals surface area contributed by atoms with E-state index in [1.165, 1.54) is 23.7 Å². The first kappa shape index (κ1) is 15.1. The van der Waals surface area contributed by atoms with Gasteiger partial charge < -0.3 is 9.64 Å². The average molecular weight is 330 g/mol. The number of pyridine rings is 1. The van der Waals surface area contributed by atoms with Crippen molar-refractivity contribution in [3.63, 3.8) is 0 Å². The number of anilines is 1. The van der Waals surface area contributed by atoms with Crippen LogP contribution in [-0.2, 0) is 11.3 Å². The van der Waals surface area contributed by atoms with Crippen molar-refractivity contribution in [1.29, 1.82) is 0 Å². The lowest BCUT2D eigenvalue weighted by molar-refractivity contribution is 0.0526. The van der Waals surface area contributed by atoms with Crippen LogP contribution in [0.15, 0.2) is 24.5 Å². The molecule has 0 bridgehead atoms. The van der Waals surface area contributed by atoms with Crippen molar-refractivity contribution in [2.24, 2.45) is 5.41 Å². The zero-order valence-electron chi connectivity index (χ0n) is 13.5. The number of aromatic nitrogens is 3. The van der Waals surface area contributed by atoms with Crippen LogP contribution >= 0.6 is 0 Å². The van der Waals surface area contributed by atoms with Gasteiger partial charge >= 0.3 is 5.97 Å². The molecule has 1 spiro atoms. The van der Waals surface area contributed by atoms with Crippen LogP contribution in [0.4, 0.5) is 10.2 Å². The van der Waals surface area contributed by atoms with Crippen molar-refractivity contribution in [3.05, 3.63) is 41.6 Å². The molecule has 1 aliphatic carbocycles. The van der Waals surface area contributed by atoms with E-state index >= 15 is 0 Å². The van der Waals surface area contributed by atoms with Gasteiger partial charge in [0.05, 0.1) is 24.9 Å². The van der Waals surface area contributed by atoms with Gasteiger partial charge in [-0.1, -0.05) is 0 Å². The minimum atomic E-state index is -0.488. The van der Waals surface area contributed by atoms with E-state index in [0.717, 1.165) is 13.1 Å². The number of carbonyl (C=O) groups is 1. The minimum absolute atomic E-state index is 0.225. The Morgan fingerprint density at radius 1 is 1.38 bits per heavy atom. The van der Waals surface area contributed by atoms with Gasteiger partial charge in [0.25, 0.3) is 0 Å². The lowest BCUT2D eigenvalue weighted by Gasteiger charge is -2.40. The van der Waals surface area contributed by atoms with E-state index in [1.54, 1.807) is 19.2 Å². The summed E-state index contributed by atoms with van der Waals surface area (Å²) in [6.07, 6.45) is 5.54. The Labute approximate surface area is 139 Å². The Balaban J connectivity index is 1.44. The number of hydrogen-bond donors (Lipinski definition) is 0. The Morgan fingerprint density at radius 3 is 2.83 bits per heavy atom. The van der Waals surface area contributed by atoms with E-state index < -0.39 is 11.9 Å². The quantitative estimate of drug-likeness (QED) is 0.621. The average Bonchev–Trinajstić information content (AvgIpc) is 3.20. The molecule has 3 heterocycles. The van der Waals surface area contributed by atoms with Gasteiger partial charge in [-0.2, -0.15) is 9.49 Å². The summed E-state index contributed by atoms with van der Waals surface area (Å²) >= 11 is 0. The minimum Gasteiger partial charge on any atom is -0.462 e. The Bertz CT molecular complexity index is 777. The van der Waals surface area contributed by atoms with Crippen LogP contribution in [0.25, 0.3) is 0 Å². The molecule has 1 saturated heterocycles. The molecule has 0 amide bonds. The van der Waals surface area contributed by atoms with Gasteiger partial charge in [-0.3, -0.25) is 4.68 Å². The fourth-order valence-corrected chi connectivity index (χ4v) is 3.11. The van der Waals surface area contributed by atoms with Crippen molar-refractivity contribution in [1.82, 2.24) is 14.8 Å². The second kappa shape index (κ2) is 5.58. The van der Waals surface area contributed by atoms with Crippen LogP contribution in [-0.4, -0.2) is 40.4 Å². The molecule has 6 nitrogen and oxygen atoms in total. The SMILES string of the molecule is CCOC(=O)c1cnn(Cc2ccc(N3CC4(CC4)C3)nc2F)c1. The summed E-state index contributed by atoms with van der Waals surface area (Å²) in [5.41, 5.74) is 1.31. The van der Waals surface area contributed by atoms with E-state index in [9.17, 15) is 9.18 Å². The molecule has 2 fully saturated rings. The highest BCUT2D eigenvalue weighted by Gasteiger charge is 2.52. The molecule has 126 valence electrons. The van der Waals surface area contributed by atoms with Crippen LogP contribution < -0.4 is 4.90 Å². The van der Waals surface area contributed by atoms with Gasteiger partial charge in [0.1, 0.15) is 5.82 Å². The standard InChI is InChI=1S/C17H19FN4O2/c1-2-24-16(23)13-7-19-22(9-13)8-12-3-4-14(20-15(12)18)21-10-17(11-21)5-6-17/h3-4,7,9H,2,5-6,8,10-11H2,1H3. The number of ether oxygens (including phenoxy) is 1. The van der Waals surface area contributed by atoms with Gasteiger partial charge in [0.15, 0.2) is 0 Å². The first-order chi connectivity index (χ1) is 11.6. The molecule has 0 atom stereocenters. The number of carbonyl (C=O) groups excluding carboxylic acids is 1. The molecule has 2 aromatic rings. The van der Waals surface area contributed by atoms with Gasteiger partial charge in [0, 0.05) is 30.3 Å². The lowest BCUT2D eigenvalue weighted by Crippen LogP contribution is -2.48. The van der Waals surface area contributed by atoms with Crippen molar-refractivity contribution < 1.29 is 13.9 Å². The van der Waals surface area contributed by atoms with Crippen LogP contribution in [0.3, 0.4) is 0 Å². The summed E-state index contributed by atoms with van der Waals surface area (Å²) < 4.78 is 20.7. The zero-order valence-corrected chi connectivity index (χ0v) is 13.5. The molecule has 0 aromatic carbocycles. The highest BCUT2D eigenvalue weighted by atomic mass is 19.1. The predicted molar refractivity (Wildman–Crippen MR) is 85.4 cm³/mol. The van der Waals surface area contributed by atoms with E-state index in [0.29, 0.717) is 29.0 Å². The Morgan fingerprint density at radius 2 is 2.17 bits per heavy atom. The molecule has 0 radical (unpaired) electrons. The summed E-state index contributed by atoms with van der Waals surface area (Å²) in [6.45, 7) is 4.25. The fourth-order valence-electron chi connectivity index (χ4n) is 3.11. The fraction of sp³-hybridized carbons (Fsp3) is 0.471. The first-order valence-corrected chi connectivity index (χ1v) is 8.18. The van der Waals surface area contributed by atoms with Crippen LogP contribution in [0.2, 0.25) is 0 Å². The van der Waals surface area contributed by atoms with E-state index in [2.05, 4.69) is 15.0 Å². The van der Waals surface area contributed by atoms with Gasteiger partial charge in [-0.15, -0.1) is 0 Å². The molecular weight excluding hydrogens is 311 g/mol. The maximum Gasteiger partial charge on any atom is 0.341 e. The largest absolute Gasteiger partial charge is 0.462 e. The van der Waals surface area contributed by atoms with E-state index in [1.807, 2.05) is 6.07 Å². The highest BCUT2D eigenvalue weighted by molar-refractivity contribution is 5.88. The van der Waals surface area contributed by atoms with E-state index in [4.69, 9.17) is 4.74 Å². The Hall–Kier alpha value is -2.44. The molecule has 4 rings (SSSR count). The summed E-state index contributed by atoms with van der Waals surface area (Å²) in [5, 5.41) is 4.08. The third-order valence-corrected chi connectivity index (χ3v) is 4.72. The van der Waals surface area contributed by atoms with Crippen molar-refractivity contribution in [3.8, 4) is 0 Å². The molecule has 2 aliphatic rings. The number of nitrogens with zero attached hydrogens (tertiary/aromatic N) is 4. The highest BCUT2D eigenvalue weighted by Crippen LogP contribution is 2.53. The number of rotatable bonds is 5. The van der Waals surface area contributed by atoms with Gasteiger partial charge in [0.2, 0.25) is 5.95 Å². The second-order valence-electron chi connectivity index (χ2n) is 6.62. The summed E-state index contributed by atoms with van der Waals surface area (Å²) in [6, 6.07) is 3.59. The summed E-state index contributed by atoms with van der Waals surface area (Å²) in [4.78, 5) is 17.8. The van der Waals surface area contributed by atoms with Crippen LogP contribution in [0.1, 0.15) is 35.7 Å². The van der Waals surface area contributed by atoms with Gasteiger partial charge in [-0.05, 0) is 31.9 Å². The molecular formula is C17H19FN4O2. The molecule has 1 aliphatic heterocycles. The molecule has 7 heteroatoms. The second-order valence-corrected chi connectivity index (χ2v) is 6.62.